The van der Waals surface area contributed by atoms with Crippen LogP contribution in [0.1, 0.15) is 0 Å². The Morgan fingerprint density at radius 1 is 1.71 bits per heavy atom. The van der Waals surface area contributed by atoms with Crippen molar-refractivity contribution in [3.05, 3.63) is 11.1 Å². The molecule has 0 fully saturated rings. The third kappa shape index (κ3) is 0.691. The first-order chi connectivity index (χ1) is 3.30. The summed E-state index contributed by atoms with van der Waals surface area (Å²) in [4.78, 5) is 0. The topological polar surface area (TPSA) is 41.6 Å². The molecule has 7 heavy (non-hydrogen) atoms. The zero-order valence-electron chi connectivity index (χ0n) is 3.15. The summed E-state index contributed by atoms with van der Waals surface area (Å²) in [5.41, 5.74) is 0. The van der Waals surface area contributed by atoms with E-state index in [0.29, 0.717) is 0 Å². The fourth-order valence-corrected chi connectivity index (χ4v) is 0.278. The number of hydrogen-bond acceptors (Lipinski definition) is 2. The molecule has 0 amide bonds. The Kier molecular flexibility index (Phi) is 0.941. The van der Waals surface area contributed by atoms with Crippen LogP contribution in [0.5, 0.6) is 0 Å². The molecule has 0 aromatic carbocycles. The van der Waals surface area contributed by atoms with Crippen LogP contribution in [0.4, 0.5) is 4.39 Å². The summed E-state index contributed by atoms with van der Waals surface area (Å²) in [5, 5.41) is 7.90. The van der Waals surface area contributed by atoms with Crippen molar-refractivity contribution in [2.75, 3.05) is 0 Å². The second kappa shape index (κ2) is 1.46. The van der Waals surface area contributed by atoms with Crippen molar-refractivity contribution in [3.63, 3.8) is 0 Å². The fourth-order valence-electron chi connectivity index (χ4n) is 0.203. The Balaban J connectivity index is 3.12. The first-order valence-electron chi connectivity index (χ1n) is 1.53. The number of rotatable bonds is 0. The summed E-state index contributed by atoms with van der Waals surface area (Å²) in [6, 6.07) is 0. The minimum atomic E-state index is -0.762. The Labute approximate surface area is 43.5 Å². The average molecular weight is 122 g/mol. The van der Waals surface area contributed by atoms with Gasteiger partial charge in [0.1, 0.15) is 0 Å². The van der Waals surface area contributed by atoms with Crippen LogP contribution in [0.25, 0.3) is 0 Å². The lowest BCUT2D eigenvalue weighted by molar-refractivity contribution is 0.579. The van der Waals surface area contributed by atoms with Crippen LogP contribution in [0.3, 0.4) is 0 Å². The lowest BCUT2D eigenvalue weighted by Crippen LogP contribution is -1.68. The largest absolute Gasteiger partial charge is 0.271 e. The van der Waals surface area contributed by atoms with E-state index in [0.717, 1.165) is 0 Å². The van der Waals surface area contributed by atoms with Gasteiger partial charge in [-0.05, 0) is 0 Å². The molecule has 38 valence electrons. The second-order valence-corrected chi connectivity index (χ2v) is 1.29. The molecule has 5 heteroatoms. The van der Waals surface area contributed by atoms with E-state index >= 15 is 0 Å². The molecule has 3 nitrogen and oxygen atoms in total. The predicted molar refractivity (Wildman–Crippen MR) is 21.4 cm³/mol. The van der Waals surface area contributed by atoms with Crippen molar-refractivity contribution in [3.8, 4) is 0 Å². The molecule has 0 saturated carbocycles. The Hall–Kier alpha value is -0.640. The molecule has 0 aliphatic carbocycles. The van der Waals surface area contributed by atoms with E-state index in [9.17, 15) is 4.39 Å². The van der Waals surface area contributed by atoms with Gasteiger partial charge >= 0.3 is 0 Å². The van der Waals surface area contributed by atoms with Gasteiger partial charge in [-0.25, -0.2) is 5.10 Å². The van der Waals surface area contributed by atoms with Gasteiger partial charge in [-0.1, -0.05) is 21.9 Å². The van der Waals surface area contributed by atoms with E-state index in [1.54, 1.807) is 0 Å². The maximum atomic E-state index is 11.7. The molecule has 0 saturated heterocycles. The monoisotopic (exact) mass is 121 g/mol. The molecule has 1 rings (SSSR count). The van der Waals surface area contributed by atoms with E-state index in [1.165, 1.54) is 0 Å². The smallest absolute Gasteiger partial charge is 0.244 e. The third-order valence-electron chi connectivity index (χ3n) is 0.467. The highest BCUT2D eigenvalue weighted by Crippen LogP contribution is 2.02. The number of nitrogens with zero attached hydrogens (tertiary/aromatic N) is 2. The van der Waals surface area contributed by atoms with Crippen LogP contribution in [0.15, 0.2) is 0 Å². The van der Waals surface area contributed by atoms with Gasteiger partial charge < -0.3 is 0 Å². The number of hydrogen-bond donors (Lipinski definition) is 1. The molecular weight excluding hydrogens is 120 g/mol. The zero-order valence-corrected chi connectivity index (χ0v) is 3.91. The molecule has 1 aromatic rings. The molecule has 0 bridgehead atoms. The maximum absolute atomic E-state index is 11.7. The zero-order chi connectivity index (χ0) is 5.28. The van der Waals surface area contributed by atoms with Gasteiger partial charge in [0.2, 0.25) is 0 Å². The Morgan fingerprint density at radius 3 is 2.57 bits per heavy atom. The first-order valence-corrected chi connectivity index (χ1v) is 1.90. The number of aromatic nitrogens is 3. The lowest BCUT2D eigenvalue weighted by atomic mass is 10.9. The highest BCUT2D eigenvalue weighted by Gasteiger charge is 1.97. The van der Waals surface area contributed by atoms with Gasteiger partial charge in [-0.3, -0.25) is 0 Å². The quantitative estimate of drug-likeness (QED) is 0.546. The van der Waals surface area contributed by atoms with Gasteiger partial charge in [-0.2, -0.15) is 4.39 Å². The van der Waals surface area contributed by atoms with Crippen LogP contribution in [-0.2, 0) is 0 Å². The SMILES string of the molecule is Fc1nn[nH]c1Cl. The summed E-state index contributed by atoms with van der Waals surface area (Å²) < 4.78 is 11.7. The van der Waals surface area contributed by atoms with Gasteiger partial charge in [-0.15, -0.1) is 0 Å². The van der Waals surface area contributed by atoms with E-state index in [2.05, 4.69) is 15.4 Å². The van der Waals surface area contributed by atoms with Crippen molar-refractivity contribution in [2.45, 2.75) is 0 Å². The summed E-state index contributed by atoms with van der Waals surface area (Å²) >= 11 is 5.07. The van der Waals surface area contributed by atoms with E-state index in [4.69, 9.17) is 11.6 Å². The summed E-state index contributed by atoms with van der Waals surface area (Å²) in [6.07, 6.45) is 0. The number of H-pyrrole nitrogens is 1. The van der Waals surface area contributed by atoms with E-state index in [1.807, 2.05) is 0 Å². The first kappa shape index (κ1) is 4.52. The maximum Gasteiger partial charge on any atom is 0.271 e. The standard InChI is InChI=1S/C2HClFN3/c3-1-2(4)6-7-5-1/h(H,5,6,7). The Bertz CT molecular complexity index is 145. The third-order valence-corrected chi connectivity index (χ3v) is 0.708. The van der Waals surface area contributed by atoms with E-state index in [-0.39, 0.29) is 5.15 Å². The minimum Gasteiger partial charge on any atom is -0.244 e. The van der Waals surface area contributed by atoms with E-state index < -0.39 is 5.95 Å². The van der Waals surface area contributed by atoms with Crippen molar-refractivity contribution in [1.82, 2.24) is 15.4 Å². The number of nitrogens with one attached hydrogen (secondary N) is 1. The van der Waals surface area contributed by atoms with Crippen molar-refractivity contribution < 1.29 is 4.39 Å². The van der Waals surface area contributed by atoms with Crippen molar-refractivity contribution in [1.29, 1.82) is 0 Å². The Morgan fingerprint density at radius 2 is 2.43 bits per heavy atom. The van der Waals surface area contributed by atoms with Crippen LogP contribution < -0.4 is 0 Å². The predicted octanol–water partition coefficient (Wildman–Crippen LogP) is 0.597. The molecule has 1 N–H and O–H groups in total. The molecular formula is C2HClFN3. The minimum absolute atomic E-state index is 0.153. The highest BCUT2D eigenvalue weighted by atomic mass is 35.5. The highest BCUT2D eigenvalue weighted by molar-refractivity contribution is 6.29. The van der Waals surface area contributed by atoms with Gasteiger partial charge in [0, 0.05) is 0 Å². The van der Waals surface area contributed by atoms with Crippen LogP contribution in [0, 0.1) is 5.95 Å². The fraction of sp³-hybridized carbons (Fsp3) is 0. The molecule has 0 radical (unpaired) electrons. The van der Waals surface area contributed by atoms with Crippen molar-refractivity contribution >= 4 is 11.6 Å². The summed E-state index contributed by atoms with van der Waals surface area (Å²) in [7, 11) is 0. The van der Waals surface area contributed by atoms with Crippen molar-refractivity contribution in [2.24, 2.45) is 0 Å². The molecule has 0 atom stereocenters. The van der Waals surface area contributed by atoms with Crippen LogP contribution >= 0.6 is 11.6 Å². The molecule has 1 heterocycles. The van der Waals surface area contributed by atoms with Gasteiger partial charge in [0.25, 0.3) is 5.95 Å². The number of halogens is 2. The number of aromatic amines is 1. The molecule has 0 unspecified atom stereocenters. The molecule has 0 aliphatic rings. The normalized spacial score (nSPS) is 9.43. The molecule has 0 spiro atoms. The average Bonchev–Trinajstić information content (AvgIpc) is 1.91. The van der Waals surface area contributed by atoms with Crippen LogP contribution in [-0.4, -0.2) is 15.4 Å². The summed E-state index contributed by atoms with van der Waals surface area (Å²) in [5.74, 6) is -0.762. The molecule has 1 aromatic heterocycles. The van der Waals surface area contributed by atoms with Gasteiger partial charge in [0.15, 0.2) is 5.15 Å². The summed E-state index contributed by atoms with van der Waals surface area (Å²) in [6.45, 7) is 0. The lowest BCUT2D eigenvalue weighted by Gasteiger charge is -1.68. The van der Waals surface area contributed by atoms with Gasteiger partial charge in [0.05, 0.1) is 0 Å². The second-order valence-electron chi connectivity index (χ2n) is 0.917. The van der Waals surface area contributed by atoms with Crippen LogP contribution in [0.2, 0.25) is 5.15 Å². The molecule has 0 aliphatic heterocycles.